The second kappa shape index (κ2) is 6.39. The number of hydrogen-bond donors (Lipinski definition) is 0. The Kier molecular flexibility index (Phi) is 3.87. The second-order valence-corrected chi connectivity index (χ2v) is 7.20. The predicted octanol–water partition coefficient (Wildman–Crippen LogP) is 6.03. The summed E-state index contributed by atoms with van der Waals surface area (Å²) in [7, 11) is 0. The fourth-order valence-corrected chi connectivity index (χ4v) is 3.62. The summed E-state index contributed by atoms with van der Waals surface area (Å²) in [5, 5.41) is 1.18. The van der Waals surface area contributed by atoms with Gasteiger partial charge in [-0.1, -0.05) is 23.7 Å². The van der Waals surface area contributed by atoms with Crippen molar-refractivity contribution in [3.63, 3.8) is 0 Å². The zero-order valence-electron chi connectivity index (χ0n) is 14.4. The molecule has 0 spiro atoms. The first-order valence-corrected chi connectivity index (χ1v) is 9.24. The molecular weight excluding hydrogens is 361 g/mol. The van der Waals surface area contributed by atoms with Gasteiger partial charge in [0.2, 0.25) is 0 Å². The van der Waals surface area contributed by atoms with E-state index in [9.17, 15) is 4.39 Å². The smallest absolute Gasteiger partial charge is 0.141 e. The average Bonchev–Trinajstić information content (AvgIpc) is 3.54. The van der Waals surface area contributed by atoms with Gasteiger partial charge in [-0.05, 0) is 54.8 Å². The van der Waals surface area contributed by atoms with E-state index in [1.807, 2.05) is 24.3 Å². The molecule has 3 nitrogen and oxygen atoms in total. The van der Waals surface area contributed by atoms with Gasteiger partial charge in [-0.2, -0.15) is 0 Å². The first-order valence-electron chi connectivity index (χ1n) is 8.86. The van der Waals surface area contributed by atoms with Crippen LogP contribution in [0.3, 0.4) is 0 Å². The van der Waals surface area contributed by atoms with Gasteiger partial charge in [0, 0.05) is 28.6 Å². The standard InChI is InChI=1S/C22H15ClFN3/c23-18-11-15(5-7-19(18)24)22-16(2-1-9-25-22)14-6-8-20-17(10-14)21(13-3-4-13)27-12-26-20/h1-2,5-13H,3-4H2. The normalized spacial score (nSPS) is 13.9. The highest BCUT2D eigenvalue weighted by Crippen LogP contribution is 2.42. The molecule has 0 unspecified atom stereocenters. The third-order valence-corrected chi connectivity index (χ3v) is 5.23. The van der Waals surface area contributed by atoms with Crippen molar-refractivity contribution in [2.75, 3.05) is 0 Å². The zero-order chi connectivity index (χ0) is 18.4. The molecule has 2 aromatic heterocycles. The highest BCUT2D eigenvalue weighted by molar-refractivity contribution is 6.31. The SMILES string of the molecule is Fc1ccc(-c2ncccc2-c2ccc3ncnc(C4CC4)c3c2)cc1Cl. The Balaban J connectivity index is 1.69. The number of benzene rings is 2. The summed E-state index contributed by atoms with van der Waals surface area (Å²) in [6, 6.07) is 14.8. The van der Waals surface area contributed by atoms with Crippen molar-refractivity contribution in [3.8, 4) is 22.4 Å². The van der Waals surface area contributed by atoms with E-state index in [0.29, 0.717) is 5.92 Å². The van der Waals surface area contributed by atoms with Crippen LogP contribution in [0.5, 0.6) is 0 Å². The van der Waals surface area contributed by atoms with Gasteiger partial charge in [0.1, 0.15) is 12.1 Å². The van der Waals surface area contributed by atoms with Crippen LogP contribution in [0.2, 0.25) is 5.02 Å². The molecule has 5 rings (SSSR count). The van der Waals surface area contributed by atoms with E-state index < -0.39 is 5.82 Å². The Hall–Kier alpha value is -2.85. The molecule has 1 fully saturated rings. The zero-order valence-corrected chi connectivity index (χ0v) is 15.1. The minimum atomic E-state index is -0.435. The number of nitrogens with zero attached hydrogens (tertiary/aromatic N) is 3. The Morgan fingerprint density at radius 3 is 2.59 bits per heavy atom. The summed E-state index contributed by atoms with van der Waals surface area (Å²) in [6.45, 7) is 0. The third-order valence-electron chi connectivity index (χ3n) is 4.94. The van der Waals surface area contributed by atoms with Crippen LogP contribution in [-0.4, -0.2) is 15.0 Å². The number of hydrogen-bond acceptors (Lipinski definition) is 3. The predicted molar refractivity (Wildman–Crippen MR) is 105 cm³/mol. The second-order valence-electron chi connectivity index (χ2n) is 6.79. The molecule has 1 aliphatic rings. The third kappa shape index (κ3) is 2.96. The van der Waals surface area contributed by atoms with E-state index in [1.165, 1.54) is 18.9 Å². The van der Waals surface area contributed by atoms with Crippen LogP contribution in [0.15, 0.2) is 61.1 Å². The van der Waals surface area contributed by atoms with Crippen LogP contribution < -0.4 is 0 Å². The van der Waals surface area contributed by atoms with E-state index in [1.54, 1.807) is 24.7 Å². The van der Waals surface area contributed by atoms with Gasteiger partial charge in [-0.25, -0.2) is 14.4 Å². The van der Waals surface area contributed by atoms with Crippen molar-refractivity contribution in [3.05, 3.63) is 77.6 Å². The van der Waals surface area contributed by atoms with Crippen LogP contribution in [-0.2, 0) is 0 Å². The van der Waals surface area contributed by atoms with Crippen molar-refractivity contribution in [1.29, 1.82) is 0 Å². The topological polar surface area (TPSA) is 38.7 Å². The fraction of sp³-hybridized carbons (Fsp3) is 0.136. The molecule has 5 heteroatoms. The van der Waals surface area contributed by atoms with Crippen LogP contribution in [0.1, 0.15) is 24.5 Å². The summed E-state index contributed by atoms with van der Waals surface area (Å²) < 4.78 is 13.6. The largest absolute Gasteiger partial charge is 0.256 e. The maximum Gasteiger partial charge on any atom is 0.141 e. The Morgan fingerprint density at radius 2 is 1.78 bits per heavy atom. The van der Waals surface area contributed by atoms with Gasteiger partial charge < -0.3 is 0 Å². The quantitative estimate of drug-likeness (QED) is 0.439. The fourth-order valence-electron chi connectivity index (χ4n) is 3.44. The van der Waals surface area contributed by atoms with E-state index in [2.05, 4.69) is 21.0 Å². The Morgan fingerprint density at radius 1 is 0.926 bits per heavy atom. The van der Waals surface area contributed by atoms with Gasteiger partial charge >= 0.3 is 0 Å². The molecule has 1 saturated carbocycles. The molecule has 0 aliphatic heterocycles. The molecule has 2 heterocycles. The van der Waals surface area contributed by atoms with Gasteiger partial charge in [0.25, 0.3) is 0 Å². The molecule has 132 valence electrons. The van der Waals surface area contributed by atoms with Gasteiger partial charge in [0.05, 0.1) is 21.9 Å². The van der Waals surface area contributed by atoms with Crippen LogP contribution in [0, 0.1) is 5.82 Å². The van der Waals surface area contributed by atoms with Crippen molar-refractivity contribution in [2.24, 2.45) is 0 Å². The van der Waals surface area contributed by atoms with Crippen molar-refractivity contribution >= 4 is 22.5 Å². The molecular formula is C22H15ClFN3. The lowest BCUT2D eigenvalue weighted by Gasteiger charge is -2.11. The Bertz CT molecular complexity index is 1170. The summed E-state index contributed by atoms with van der Waals surface area (Å²) in [6.07, 6.45) is 5.74. The molecule has 0 bridgehead atoms. The highest BCUT2D eigenvalue weighted by Gasteiger charge is 2.27. The van der Waals surface area contributed by atoms with E-state index in [4.69, 9.17) is 11.6 Å². The minimum absolute atomic E-state index is 0.0898. The molecule has 4 aromatic rings. The van der Waals surface area contributed by atoms with Gasteiger partial charge in [-0.3, -0.25) is 4.98 Å². The molecule has 0 N–H and O–H groups in total. The lowest BCUT2D eigenvalue weighted by atomic mass is 9.97. The summed E-state index contributed by atoms with van der Waals surface area (Å²) in [5.74, 6) is 0.102. The molecule has 2 aromatic carbocycles. The molecule has 0 saturated heterocycles. The van der Waals surface area contributed by atoms with Crippen molar-refractivity contribution in [1.82, 2.24) is 15.0 Å². The van der Waals surface area contributed by atoms with E-state index in [0.717, 1.165) is 39.0 Å². The minimum Gasteiger partial charge on any atom is -0.256 e. The maximum atomic E-state index is 13.6. The monoisotopic (exact) mass is 375 g/mol. The summed E-state index contributed by atoms with van der Waals surface area (Å²) >= 11 is 5.98. The number of halogens is 2. The molecule has 1 aliphatic carbocycles. The van der Waals surface area contributed by atoms with Gasteiger partial charge in [0.15, 0.2) is 0 Å². The number of rotatable bonds is 3. The maximum absolute atomic E-state index is 13.6. The van der Waals surface area contributed by atoms with Crippen LogP contribution in [0.4, 0.5) is 4.39 Å². The summed E-state index contributed by atoms with van der Waals surface area (Å²) in [5.41, 5.74) is 5.62. The first-order chi connectivity index (χ1) is 13.2. The number of aromatic nitrogens is 3. The number of pyridine rings is 1. The lowest BCUT2D eigenvalue weighted by Crippen LogP contribution is -1.93. The van der Waals surface area contributed by atoms with E-state index in [-0.39, 0.29) is 5.02 Å². The average molecular weight is 376 g/mol. The molecule has 27 heavy (non-hydrogen) atoms. The first kappa shape index (κ1) is 16.3. The van der Waals surface area contributed by atoms with Crippen LogP contribution in [0.25, 0.3) is 33.3 Å². The molecule has 0 atom stereocenters. The Labute approximate surface area is 160 Å². The highest BCUT2D eigenvalue weighted by atomic mass is 35.5. The van der Waals surface area contributed by atoms with E-state index >= 15 is 0 Å². The molecule has 0 radical (unpaired) electrons. The number of fused-ring (bicyclic) bond motifs is 1. The van der Waals surface area contributed by atoms with Crippen LogP contribution >= 0.6 is 11.6 Å². The lowest BCUT2D eigenvalue weighted by molar-refractivity contribution is 0.628. The molecule has 0 amide bonds. The summed E-state index contributed by atoms with van der Waals surface area (Å²) in [4.78, 5) is 13.5. The van der Waals surface area contributed by atoms with Crippen molar-refractivity contribution in [2.45, 2.75) is 18.8 Å². The van der Waals surface area contributed by atoms with Crippen molar-refractivity contribution < 1.29 is 4.39 Å². The van der Waals surface area contributed by atoms with Gasteiger partial charge in [-0.15, -0.1) is 0 Å².